The van der Waals surface area contributed by atoms with Crippen molar-refractivity contribution in [2.45, 2.75) is 26.6 Å². The molecule has 0 unspecified atom stereocenters. The molecule has 1 N–H and O–H groups in total. The Hall–Kier alpha value is -2.74. The fraction of sp³-hybridized carbons (Fsp3) is 0.312. The van der Waals surface area contributed by atoms with Gasteiger partial charge in [-0.1, -0.05) is 5.21 Å². The number of benzene rings is 1. The maximum atomic E-state index is 13.0. The second kappa shape index (κ2) is 6.04. The predicted molar refractivity (Wildman–Crippen MR) is 85.3 cm³/mol. The first-order chi connectivity index (χ1) is 11.7. The summed E-state index contributed by atoms with van der Waals surface area (Å²) in [5.74, 6) is 1.37. The second-order valence-electron chi connectivity index (χ2n) is 5.64. The molecular formula is C16H17FN6O. The van der Waals surface area contributed by atoms with E-state index in [1.807, 2.05) is 13.1 Å². The van der Waals surface area contributed by atoms with Crippen molar-refractivity contribution in [3.8, 4) is 5.69 Å². The summed E-state index contributed by atoms with van der Waals surface area (Å²) in [5, 5.41) is 11.6. The lowest BCUT2D eigenvalue weighted by Crippen LogP contribution is -2.19. The van der Waals surface area contributed by atoms with Crippen LogP contribution in [0.2, 0.25) is 0 Å². The predicted octanol–water partition coefficient (Wildman–Crippen LogP) is 2.05. The molecule has 2 aromatic heterocycles. The highest BCUT2D eigenvalue weighted by molar-refractivity contribution is 5.43. The van der Waals surface area contributed by atoms with Gasteiger partial charge in [0.1, 0.15) is 18.2 Å². The van der Waals surface area contributed by atoms with Crippen molar-refractivity contribution in [2.75, 3.05) is 11.9 Å². The Kier molecular flexibility index (Phi) is 3.73. The Morgan fingerprint density at radius 3 is 2.96 bits per heavy atom. The van der Waals surface area contributed by atoms with Crippen molar-refractivity contribution >= 4 is 5.82 Å². The molecular weight excluding hydrogens is 311 g/mol. The lowest BCUT2D eigenvalue weighted by molar-refractivity contribution is 0.0807. The molecule has 124 valence electrons. The van der Waals surface area contributed by atoms with E-state index in [4.69, 9.17) is 4.74 Å². The van der Waals surface area contributed by atoms with Gasteiger partial charge < -0.3 is 14.6 Å². The van der Waals surface area contributed by atoms with Gasteiger partial charge in [0.25, 0.3) is 0 Å². The molecule has 1 aliphatic rings. The zero-order valence-electron chi connectivity index (χ0n) is 13.2. The maximum absolute atomic E-state index is 13.0. The quantitative estimate of drug-likeness (QED) is 0.794. The molecule has 0 aliphatic carbocycles. The van der Waals surface area contributed by atoms with Crippen LogP contribution >= 0.6 is 0 Å². The van der Waals surface area contributed by atoms with Gasteiger partial charge in [0.15, 0.2) is 5.82 Å². The summed E-state index contributed by atoms with van der Waals surface area (Å²) in [5.41, 5.74) is 2.72. The number of hydrogen-bond acceptors (Lipinski definition) is 5. The molecule has 0 fully saturated rings. The third-order valence-corrected chi connectivity index (χ3v) is 4.11. The molecule has 8 heteroatoms. The zero-order valence-corrected chi connectivity index (χ0v) is 13.2. The number of fused-ring (bicyclic) bond motifs is 1. The average Bonchev–Trinajstić information content (AvgIpc) is 3.18. The molecule has 4 rings (SSSR count). The van der Waals surface area contributed by atoms with Crippen LogP contribution in [0.15, 0.2) is 30.5 Å². The number of halogens is 1. The van der Waals surface area contributed by atoms with Gasteiger partial charge in [-0.15, -0.1) is 5.10 Å². The van der Waals surface area contributed by atoms with Gasteiger partial charge in [-0.25, -0.2) is 14.1 Å². The Morgan fingerprint density at radius 2 is 2.12 bits per heavy atom. The van der Waals surface area contributed by atoms with Crippen LogP contribution in [0.5, 0.6) is 0 Å². The number of imidazole rings is 1. The molecule has 1 aromatic carbocycles. The minimum absolute atomic E-state index is 0.274. The number of nitrogens with one attached hydrogen (secondary N) is 1. The third-order valence-electron chi connectivity index (χ3n) is 4.11. The van der Waals surface area contributed by atoms with E-state index in [9.17, 15) is 4.39 Å². The van der Waals surface area contributed by atoms with Gasteiger partial charge in [0.2, 0.25) is 0 Å². The van der Waals surface area contributed by atoms with E-state index in [0.717, 1.165) is 29.4 Å². The molecule has 0 atom stereocenters. The number of rotatable bonds is 4. The van der Waals surface area contributed by atoms with Crippen LogP contribution in [-0.4, -0.2) is 31.2 Å². The van der Waals surface area contributed by atoms with Crippen molar-refractivity contribution in [3.63, 3.8) is 0 Å². The Morgan fingerprint density at radius 1 is 1.29 bits per heavy atom. The first-order valence-corrected chi connectivity index (χ1v) is 7.75. The Labute approximate surface area is 138 Å². The van der Waals surface area contributed by atoms with Crippen LogP contribution in [0, 0.1) is 12.7 Å². The van der Waals surface area contributed by atoms with E-state index >= 15 is 0 Å². The Balaban J connectivity index is 1.52. The number of nitrogens with zero attached hydrogens (tertiary/aromatic N) is 5. The minimum Gasteiger partial charge on any atom is -0.372 e. The van der Waals surface area contributed by atoms with Crippen LogP contribution in [0.4, 0.5) is 10.2 Å². The van der Waals surface area contributed by atoms with Crippen LogP contribution in [0.1, 0.15) is 17.2 Å². The maximum Gasteiger partial charge on any atom is 0.172 e. The fourth-order valence-corrected chi connectivity index (χ4v) is 2.80. The van der Waals surface area contributed by atoms with Gasteiger partial charge in [-0.2, -0.15) is 0 Å². The van der Waals surface area contributed by atoms with E-state index in [1.165, 1.54) is 12.1 Å². The Bertz CT molecular complexity index is 854. The molecule has 0 amide bonds. The summed E-state index contributed by atoms with van der Waals surface area (Å²) in [6.45, 7) is 4.60. The summed E-state index contributed by atoms with van der Waals surface area (Å²) in [6, 6.07) is 6.16. The van der Waals surface area contributed by atoms with Gasteiger partial charge in [0, 0.05) is 6.54 Å². The lowest BCUT2D eigenvalue weighted by Gasteiger charge is -2.17. The monoisotopic (exact) mass is 328 g/mol. The molecule has 0 saturated heterocycles. The van der Waals surface area contributed by atoms with Crippen molar-refractivity contribution in [1.29, 1.82) is 0 Å². The normalized spacial score (nSPS) is 13.8. The number of aromatic nitrogens is 5. The summed E-state index contributed by atoms with van der Waals surface area (Å²) in [6.07, 6.45) is 1.86. The van der Waals surface area contributed by atoms with E-state index < -0.39 is 0 Å². The van der Waals surface area contributed by atoms with Crippen molar-refractivity contribution < 1.29 is 9.13 Å². The van der Waals surface area contributed by atoms with Crippen LogP contribution < -0.4 is 5.32 Å². The van der Waals surface area contributed by atoms with Gasteiger partial charge in [0.05, 0.1) is 36.4 Å². The first-order valence-electron chi connectivity index (χ1n) is 7.75. The summed E-state index contributed by atoms with van der Waals surface area (Å²) in [7, 11) is 0. The van der Waals surface area contributed by atoms with Crippen LogP contribution in [-0.2, 0) is 24.4 Å². The number of hydrogen-bond donors (Lipinski definition) is 1. The lowest BCUT2D eigenvalue weighted by atomic mass is 10.3. The molecule has 0 saturated carbocycles. The van der Waals surface area contributed by atoms with Gasteiger partial charge in [-0.3, -0.25) is 0 Å². The molecule has 0 spiro atoms. The largest absolute Gasteiger partial charge is 0.372 e. The molecule has 0 bridgehead atoms. The highest BCUT2D eigenvalue weighted by atomic mass is 19.1. The first kappa shape index (κ1) is 14.8. The molecule has 3 heterocycles. The molecule has 1 aliphatic heterocycles. The van der Waals surface area contributed by atoms with E-state index in [1.54, 1.807) is 16.8 Å². The van der Waals surface area contributed by atoms with Gasteiger partial charge >= 0.3 is 0 Å². The van der Waals surface area contributed by atoms with E-state index in [0.29, 0.717) is 25.6 Å². The third kappa shape index (κ3) is 2.65. The van der Waals surface area contributed by atoms with Gasteiger partial charge in [-0.05, 0) is 31.2 Å². The highest BCUT2D eigenvalue weighted by Crippen LogP contribution is 2.18. The molecule has 7 nitrogen and oxygen atoms in total. The summed E-state index contributed by atoms with van der Waals surface area (Å²) < 4.78 is 22.3. The van der Waals surface area contributed by atoms with Crippen molar-refractivity contribution in [1.82, 2.24) is 24.5 Å². The standard InChI is InChI=1S/C16H17FN6O/c1-11-16(20-21-23(11)13-4-2-12(17)3-5-13)19-9-14-8-18-15-10-24-7-6-22(14)15/h2-5,8,19H,6-7,9-10H2,1H3. The average molecular weight is 328 g/mol. The SMILES string of the molecule is Cc1c(NCc2cnc3n2CCOC3)nnn1-c1ccc(F)cc1. The van der Waals surface area contributed by atoms with Crippen molar-refractivity contribution in [3.05, 3.63) is 53.5 Å². The molecule has 24 heavy (non-hydrogen) atoms. The summed E-state index contributed by atoms with van der Waals surface area (Å²) >= 11 is 0. The van der Waals surface area contributed by atoms with E-state index in [2.05, 4.69) is 25.2 Å². The summed E-state index contributed by atoms with van der Waals surface area (Å²) in [4.78, 5) is 4.37. The molecule has 0 radical (unpaired) electrons. The van der Waals surface area contributed by atoms with Crippen LogP contribution in [0.3, 0.4) is 0 Å². The topological polar surface area (TPSA) is 69.8 Å². The number of ether oxygens (including phenoxy) is 1. The number of anilines is 1. The fourth-order valence-electron chi connectivity index (χ4n) is 2.80. The highest BCUT2D eigenvalue weighted by Gasteiger charge is 2.15. The van der Waals surface area contributed by atoms with Crippen molar-refractivity contribution in [2.24, 2.45) is 0 Å². The van der Waals surface area contributed by atoms with E-state index in [-0.39, 0.29) is 5.82 Å². The van der Waals surface area contributed by atoms with Crippen LogP contribution in [0.25, 0.3) is 5.69 Å². The minimum atomic E-state index is -0.274. The molecule has 3 aromatic rings. The second-order valence-corrected chi connectivity index (χ2v) is 5.64. The smallest absolute Gasteiger partial charge is 0.172 e. The zero-order chi connectivity index (χ0) is 16.5.